The Morgan fingerprint density at radius 2 is 1.83 bits per heavy atom. The van der Waals surface area contributed by atoms with Gasteiger partial charge in [0.2, 0.25) is 11.7 Å². The summed E-state index contributed by atoms with van der Waals surface area (Å²) in [5.74, 6) is -0.135. The minimum absolute atomic E-state index is 0.0282. The van der Waals surface area contributed by atoms with Crippen molar-refractivity contribution in [2.24, 2.45) is 5.92 Å². The lowest BCUT2D eigenvalue weighted by Crippen LogP contribution is -2.41. The first-order valence-corrected chi connectivity index (χ1v) is 9.77. The largest absolute Gasteiger partial charge is 0.376 e. The fraction of sp³-hybridized carbons (Fsp3) is 0.286. The molecule has 30 heavy (non-hydrogen) atoms. The smallest absolute Gasteiger partial charge is 0.352 e. The average molecular weight is 407 g/mol. The van der Waals surface area contributed by atoms with Gasteiger partial charge in [0.1, 0.15) is 5.65 Å². The zero-order valence-corrected chi connectivity index (χ0v) is 16.2. The van der Waals surface area contributed by atoms with E-state index in [0.29, 0.717) is 38.1 Å². The number of nitrogens with one attached hydrogen (secondary N) is 1. The molecule has 2 aromatic heterocycles. The van der Waals surface area contributed by atoms with Crippen LogP contribution in [0.2, 0.25) is 0 Å². The monoisotopic (exact) mass is 407 g/mol. The van der Waals surface area contributed by atoms with Gasteiger partial charge in [-0.3, -0.25) is 24.1 Å². The van der Waals surface area contributed by atoms with Gasteiger partial charge >= 0.3 is 11.2 Å². The molecule has 0 bridgehead atoms. The van der Waals surface area contributed by atoms with Crippen molar-refractivity contribution < 1.29 is 9.72 Å². The van der Waals surface area contributed by atoms with Gasteiger partial charge in [-0.1, -0.05) is 36.4 Å². The quantitative estimate of drug-likeness (QED) is 0.513. The van der Waals surface area contributed by atoms with E-state index in [-0.39, 0.29) is 17.6 Å². The molecule has 9 heteroatoms. The highest BCUT2D eigenvalue weighted by Gasteiger charge is 2.32. The summed E-state index contributed by atoms with van der Waals surface area (Å²) >= 11 is 0. The van der Waals surface area contributed by atoms with E-state index in [9.17, 15) is 19.7 Å². The molecule has 3 heterocycles. The Morgan fingerprint density at radius 3 is 2.53 bits per heavy atom. The molecule has 1 fully saturated rings. The molecule has 154 valence electrons. The number of fused-ring (bicyclic) bond motifs is 1. The van der Waals surface area contributed by atoms with Crippen molar-refractivity contribution in [1.82, 2.24) is 14.7 Å². The molecule has 0 unspecified atom stereocenters. The van der Waals surface area contributed by atoms with Crippen molar-refractivity contribution in [2.75, 3.05) is 18.0 Å². The van der Waals surface area contributed by atoms with Crippen LogP contribution in [-0.2, 0) is 11.3 Å². The van der Waals surface area contributed by atoms with Crippen LogP contribution in [0.25, 0.3) is 5.65 Å². The maximum absolute atomic E-state index is 12.6. The topological polar surface area (TPSA) is 110 Å². The molecule has 0 aliphatic carbocycles. The van der Waals surface area contributed by atoms with Gasteiger partial charge in [-0.05, 0) is 30.5 Å². The first-order chi connectivity index (χ1) is 14.5. The molecule has 0 radical (unpaired) electrons. The summed E-state index contributed by atoms with van der Waals surface area (Å²) in [4.78, 5) is 42.1. The number of nitrogens with zero attached hydrogens (tertiary/aromatic N) is 4. The highest BCUT2D eigenvalue weighted by Crippen LogP contribution is 2.28. The Kier molecular flexibility index (Phi) is 5.42. The maximum Gasteiger partial charge on any atom is 0.376 e. The zero-order chi connectivity index (χ0) is 21.1. The van der Waals surface area contributed by atoms with Gasteiger partial charge in [-0.15, -0.1) is 0 Å². The second-order valence-corrected chi connectivity index (χ2v) is 7.24. The third-order valence-corrected chi connectivity index (χ3v) is 5.35. The number of benzene rings is 1. The molecule has 1 aliphatic heterocycles. The van der Waals surface area contributed by atoms with Crippen LogP contribution in [0.15, 0.2) is 59.5 Å². The second kappa shape index (κ2) is 8.32. The number of nitro groups is 1. The minimum atomic E-state index is -0.705. The summed E-state index contributed by atoms with van der Waals surface area (Å²) in [6, 6.07) is 14.7. The van der Waals surface area contributed by atoms with Crippen LogP contribution < -0.4 is 15.8 Å². The summed E-state index contributed by atoms with van der Waals surface area (Å²) in [7, 11) is 0. The van der Waals surface area contributed by atoms with Crippen LogP contribution in [0.3, 0.4) is 0 Å². The lowest BCUT2D eigenvalue weighted by molar-refractivity contribution is -0.385. The van der Waals surface area contributed by atoms with Crippen molar-refractivity contribution in [1.29, 1.82) is 0 Å². The molecule has 9 nitrogen and oxygen atoms in total. The van der Waals surface area contributed by atoms with Gasteiger partial charge in [0.15, 0.2) is 0 Å². The van der Waals surface area contributed by atoms with E-state index in [2.05, 4.69) is 10.3 Å². The molecule has 0 spiro atoms. The van der Waals surface area contributed by atoms with Gasteiger partial charge in [0.05, 0.1) is 4.92 Å². The summed E-state index contributed by atoms with van der Waals surface area (Å²) in [6.45, 7) is 1.30. The molecule has 4 rings (SSSR count). The van der Waals surface area contributed by atoms with Crippen molar-refractivity contribution in [3.8, 4) is 0 Å². The van der Waals surface area contributed by atoms with E-state index in [1.165, 1.54) is 10.6 Å². The Hall–Kier alpha value is -3.75. The number of hydrogen-bond acceptors (Lipinski definition) is 6. The first-order valence-electron chi connectivity index (χ1n) is 9.77. The van der Waals surface area contributed by atoms with Crippen LogP contribution >= 0.6 is 0 Å². The van der Waals surface area contributed by atoms with E-state index in [1.54, 1.807) is 23.1 Å². The number of carbonyl (C=O) groups excluding carboxylic acids is 1. The summed E-state index contributed by atoms with van der Waals surface area (Å²) in [5, 5.41) is 14.5. The highest BCUT2D eigenvalue weighted by atomic mass is 16.6. The minimum Gasteiger partial charge on any atom is -0.352 e. The molecule has 0 saturated carbocycles. The van der Waals surface area contributed by atoms with Crippen LogP contribution in [0.5, 0.6) is 0 Å². The third kappa shape index (κ3) is 3.86. The van der Waals surface area contributed by atoms with Crippen LogP contribution in [-0.4, -0.2) is 33.3 Å². The Labute approximate surface area is 172 Å². The number of hydrogen-bond donors (Lipinski definition) is 1. The number of pyridine rings is 1. The summed E-state index contributed by atoms with van der Waals surface area (Å²) in [6.07, 6.45) is 2.53. The molecule has 1 N–H and O–H groups in total. The van der Waals surface area contributed by atoms with Gasteiger partial charge in [0, 0.05) is 31.7 Å². The van der Waals surface area contributed by atoms with Crippen LogP contribution in [0.1, 0.15) is 18.4 Å². The molecular weight excluding hydrogens is 386 g/mol. The Bertz CT molecular complexity index is 1140. The molecule has 1 amide bonds. The van der Waals surface area contributed by atoms with Gasteiger partial charge in [-0.25, -0.2) is 4.98 Å². The number of piperidine rings is 1. The standard InChI is InChI=1S/C21H21N5O4/c27-20(22-14-15-6-2-1-3-7-15)16-9-12-24(13-10-16)19-18(26(29)30)21(28)25-11-5-4-8-17(25)23-19/h1-8,11,16H,9-10,12-14H2,(H,22,27). The Balaban J connectivity index is 1.48. The van der Waals surface area contributed by atoms with Crippen molar-refractivity contribution >= 4 is 23.1 Å². The molecule has 1 aliphatic rings. The normalized spacial score (nSPS) is 14.6. The molecule has 1 aromatic carbocycles. The third-order valence-electron chi connectivity index (χ3n) is 5.35. The summed E-state index contributed by atoms with van der Waals surface area (Å²) < 4.78 is 1.17. The number of carbonyl (C=O) groups is 1. The van der Waals surface area contributed by atoms with Crippen molar-refractivity contribution in [2.45, 2.75) is 19.4 Å². The lowest BCUT2D eigenvalue weighted by Gasteiger charge is -2.31. The summed E-state index contributed by atoms with van der Waals surface area (Å²) in [5.41, 5.74) is 0.139. The number of rotatable bonds is 5. The van der Waals surface area contributed by atoms with Gasteiger partial charge in [-0.2, -0.15) is 0 Å². The first kappa shape index (κ1) is 19.6. The molecule has 3 aromatic rings. The predicted molar refractivity (Wildman–Crippen MR) is 111 cm³/mol. The lowest BCUT2D eigenvalue weighted by atomic mass is 9.95. The van der Waals surface area contributed by atoms with Crippen molar-refractivity contribution in [3.05, 3.63) is 80.8 Å². The Morgan fingerprint density at radius 1 is 1.13 bits per heavy atom. The number of anilines is 1. The second-order valence-electron chi connectivity index (χ2n) is 7.24. The zero-order valence-electron chi connectivity index (χ0n) is 16.2. The highest BCUT2D eigenvalue weighted by molar-refractivity contribution is 5.79. The SMILES string of the molecule is O=C(NCc1ccccc1)C1CCN(c2nc3ccccn3c(=O)c2[N+](=O)[O-])CC1. The van der Waals surface area contributed by atoms with E-state index in [1.807, 2.05) is 30.3 Å². The van der Waals surface area contributed by atoms with E-state index in [4.69, 9.17) is 0 Å². The van der Waals surface area contributed by atoms with Crippen molar-refractivity contribution in [3.63, 3.8) is 0 Å². The maximum atomic E-state index is 12.6. The van der Waals surface area contributed by atoms with E-state index in [0.717, 1.165) is 5.56 Å². The average Bonchev–Trinajstić information content (AvgIpc) is 2.78. The fourth-order valence-corrected chi connectivity index (χ4v) is 3.73. The molecular formula is C21H21N5O4. The predicted octanol–water partition coefficient (Wildman–Crippen LogP) is 2.14. The van der Waals surface area contributed by atoms with Crippen LogP contribution in [0, 0.1) is 16.0 Å². The number of aromatic nitrogens is 2. The van der Waals surface area contributed by atoms with E-state index < -0.39 is 16.2 Å². The van der Waals surface area contributed by atoms with Gasteiger partial charge < -0.3 is 10.2 Å². The van der Waals surface area contributed by atoms with E-state index >= 15 is 0 Å². The molecule has 0 atom stereocenters. The fourth-order valence-electron chi connectivity index (χ4n) is 3.73. The van der Waals surface area contributed by atoms with Gasteiger partial charge in [0.25, 0.3) is 0 Å². The molecule has 1 saturated heterocycles. The van der Waals surface area contributed by atoms with Crippen LogP contribution in [0.4, 0.5) is 11.5 Å². The number of amides is 1.